The average Bonchev–Trinajstić information content (AvgIpc) is 3.22. The standard InChI is InChI=1S/C18H18N4O/c1-12-9-20-17(21-12)14-6-7-22(11-14)18(23)15-8-13-4-2-3-5-16(13)19-10-15/h2-5,8-10,14H,6-7,11H2,1H3,(H,20,21)/t14-/m0/s1. The Kier molecular flexibility index (Phi) is 3.33. The van der Waals surface area contributed by atoms with Gasteiger partial charge in [-0.1, -0.05) is 18.2 Å². The lowest BCUT2D eigenvalue weighted by molar-refractivity contribution is 0.0790. The van der Waals surface area contributed by atoms with Gasteiger partial charge in [0.25, 0.3) is 5.91 Å². The van der Waals surface area contributed by atoms with Gasteiger partial charge in [-0.2, -0.15) is 0 Å². The molecule has 0 aliphatic carbocycles. The van der Waals surface area contributed by atoms with Crippen molar-refractivity contribution in [3.05, 3.63) is 59.8 Å². The number of carbonyl (C=O) groups is 1. The SMILES string of the molecule is Cc1cnc([C@H]2CCN(C(=O)c3cnc4ccccc4c3)C2)[nH]1. The number of nitrogens with zero attached hydrogens (tertiary/aromatic N) is 3. The van der Waals surface area contributed by atoms with Crippen LogP contribution < -0.4 is 0 Å². The lowest BCUT2D eigenvalue weighted by Crippen LogP contribution is -2.28. The van der Waals surface area contributed by atoms with E-state index in [1.54, 1.807) is 6.20 Å². The van der Waals surface area contributed by atoms with Crippen molar-refractivity contribution < 1.29 is 4.79 Å². The van der Waals surface area contributed by atoms with Gasteiger partial charge in [0, 0.05) is 42.5 Å². The summed E-state index contributed by atoms with van der Waals surface area (Å²) in [6.07, 6.45) is 4.46. The van der Waals surface area contributed by atoms with Crippen LogP contribution in [0.2, 0.25) is 0 Å². The Hall–Kier alpha value is -2.69. The molecule has 1 aliphatic heterocycles. The molecule has 3 heterocycles. The van der Waals surface area contributed by atoms with Gasteiger partial charge in [-0.3, -0.25) is 9.78 Å². The first-order valence-corrected chi connectivity index (χ1v) is 7.86. The Morgan fingerprint density at radius 2 is 2.13 bits per heavy atom. The molecular weight excluding hydrogens is 288 g/mol. The number of carbonyl (C=O) groups excluding carboxylic acids is 1. The lowest BCUT2D eigenvalue weighted by atomic mass is 10.1. The van der Waals surface area contributed by atoms with Crippen molar-refractivity contribution in [1.82, 2.24) is 19.9 Å². The number of likely N-dealkylation sites (tertiary alicyclic amines) is 1. The third-order valence-electron chi connectivity index (χ3n) is 4.42. The number of aromatic nitrogens is 3. The second kappa shape index (κ2) is 5.50. The molecule has 0 radical (unpaired) electrons. The monoisotopic (exact) mass is 306 g/mol. The molecule has 1 N–H and O–H groups in total. The molecule has 23 heavy (non-hydrogen) atoms. The van der Waals surface area contributed by atoms with Crippen LogP contribution in [-0.2, 0) is 0 Å². The maximum absolute atomic E-state index is 12.7. The first-order valence-electron chi connectivity index (χ1n) is 7.86. The van der Waals surface area contributed by atoms with Crippen LogP contribution in [-0.4, -0.2) is 38.8 Å². The van der Waals surface area contributed by atoms with Crippen LogP contribution in [0, 0.1) is 6.92 Å². The Balaban J connectivity index is 1.54. The highest BCUT2D eigenvalue weighted by Crippen LogP contribution is 2.26. The van der Waals surface area contributed by atoms with Gasteiger partial charge in [0.1, 0.15) is 5.82 Å². The highest BCUT2D eigenvalue weighted by Gasteiger charge is 2.29. The number of nitrogens with one attached hydrogen (secondary N) is 1. The number of hydrogen-bond donors (Lipinski definition) is 1. The molecule has 5 heteroatoms. The van der Waals surface area contributed by atoms with Crippen molar-refractivity contribution in [2.75, 3.05) is 13.1 Å². The topological polar surface area (TPSA) is 61.9 Å². The van der Waals surface area contributed by atoms with Gasteiger partial charge >= 0.3 is 0 Å². The van der Waals surface area contributed by atoms with Crippen LogP contribution >= 0.6 is 0 Å². The number of aryl methyl sites for hydroxylation is 1. The predicted molar refractivity (Wildman–Crippen MR) is 88.3 cm³/mol. The molecule has 5 nitrogen and oxygen atoms in total. The van der Waals surface area contributed by atoms with Crippen LogP contribution in [0.5, 0.6) is 0 Å². The van der Waals surface area contributed by atoms with Gasteiger partial charge in [0.15, 0.2) is 0 Å². The highest BCUT2D eigenvalue weighted by molar-refractivity contribution is 5.97. The van der Waals surface area contributed by atoms with E-state index in [4.69, 9.17) is 0 Å². The van der Waals surface area contributed by atoms with Crippen molar-refractivity contribution >= 4 is 16.8 Å². The highest BCUT2D eigenvalue weighted by atomic mass is 16.2. The lowest BCUT2D eigenvalue weighted by Gasteiger charge is -2.16. The molecule has 4 rings (SSSR count). The second-order valence-corrected chi connectivity index (χ2v) is 6.10. The maximum atomic E-state index is 12.7. The van der Waals surface area contributed by atoms with E-state index >= 15 is 0 Å². The molecule has 0 bridgehead atoms. The number of aromatic amines is 1. The smallest absolute Gasteiger partial charge is 0.255 e. The van der Waals surface area contributed by atoms with Crippen molar-refractivity contribution in [3.8, 4) is 0 Å². The third-order valence-corrected chi connectivity index (χ3v) is 4.42. The summed E-state index contributed by atoms with van der Waals surface area (Å²) in [5, 5.41) is 0.996. The van der Waals surface area contributed by atoms with Crippen molar-refractivity contribution in [1.29, 1.82) is 0 Å². The van der Waals surface area contributed by atoms with E-state index in [9.17, 15) is 4.79 Å². The molecule has 1 saturated heterocycles. The Morgan fingerprint density at radius 1 is 1.26 bits per heavy atom. The number of para-hydroxylation sites is 1. The number of hydrogen-bond acceptors (Lipinski definition) is 3. The predicted octanol–water partition coefficient (Wildman–Crippen LogP) is 2.90. The number of H-pyrrole nitrogens is 1. The number of rotatable bonds is 2. The molecule has 0 saturated carbocycles. The van der Waals surface area contributed by atoms with Crippen LogP contribution in [0.1, 0.15) is 34.2 Å². The van der Waals surface area contributed by atoms with E-state index in [0.29, 0.717) is 18.0 Å². The van der Waals surface area contributed by atoms with Gasteiger partial charge < -0.3 is 9.88 Å². The molecule has 1 fully saturated rings. The summed E-state index contributed by atoms with van der Waals surface area (Å²) >= 11 is 0. The minimum atomic E-state index is 0.0500. The number of imidazole rings is 1. The molecule has 1 aliphatic rings. The Bertz CT molecular complexity index is 870. The molecule has 0 spiro atoms. The van der Waals surface area contributed by atoms with Crippen LogP contribution in [0.3, 0.4) is 0 Å². The summed E-state index contributed by atoms with van der Waals surface area (Å²) in [6, 6.07) is 9.78. The van der Waals surface area contributed by atoms with E-state index in [0.717, 1.165) is 35.4 Å². The normalized spacial score (nSPS) is 17.8. The summed E-state index contributed by atoms with van der Waals surface area (Å²) in [5.41, 5.74) is 2.62. The number of amides is 1. The Morgan fingerprint density at radius 3 is 2.96 bits per heavy atom. The average molecular weight is 306 g/mol. The fraction of sp³-hybridized carbons (Fsp3) is 0.278. The van der Waals surface area contributed by atoms with Gasteiger partial charge in [-0.15, -0.1) is 0 Å². The molecule has 2 aromatic heterocycles. The quantitative estimate of drug-likeness (QED) is 0.792. The zero-order chi connectivity index (χ0) is 15.8. The minimum Gasteiger partial charge on any atom is -0.346 e. The van der Waals surface area contributed by atoms with Crippen LogP contribution in [0.25, 0.3) is 10.9 Å². The first kappa shape index (κ1) is 13.9. The summed E-state index contributed by atoms with van der Waals surface area (Å²) in [4.78, 5) is 26.7. The molecule has 3 aromatic rings. The summed E-state index contributed by atoms with van der Waals surface area (Å²) in [7, 11) is 0. The molecule has 0 unspecified atom stereocenters. The van der Waals surface area contributed by atoms with Gasteiger partial charge in [-0.05, 0) is 25.5 Å². The largest absolute Gasteiger partial charge is 0.346 e. The zero-order valence-electron chi connectivity index (χ0n) is 13.0. The van der Waals surface area contributed by atoms with Crippen LogP contribution in [0.15, 0.2) is 42.7 Å². The third kappa shape index (κ3) is 2.59. The van der Waals surface area contributed by atoms with E-state index < -0.39 is 0 Å². The van der Waals surface area contributed by atoms with Crippen molar-refractivity contribution in [3.63, 3.8) is 0 Å². The first-order chi connectivity index (χ1) is 11.2. The summed E-state index contributed by atoms with van der Waals surface area (Å²) in [5.74, 6) is 1.32. The summed E-state index contributed by atoms with van der Waals surface area (Å²) < 4.78 is 0. The van der Waals surface area contributed by atoms with E-state index in [1.807, 2.05) is 48.4 Å². The van der Waals surface area contributed by atoms with E-state index in [2.05, 4.69) is 15.0 Å². The summed E-state index contributed by atoms with van der Waals surface area (Å²) in [6.45, 7) is 3.46. The van der Waals surface area contributed by atoms with Gasteiger partial charge in [-0.25, -0.2) is 4.98 Å². The fourth-order valence-electron chi connectivity index (χ4n) is 3.18. The van der Waals surface area contributed by atoms with E-state index in [-0.39, 0.29) is 5.91 Å². The molecule has 1 amide bonds. The van der Waals surface area contributed by atoms with Gasteiger partial charge in [0.05, 0.1) is 11.1 Å². The minimum absolute atomic E-state index is 0.0500. The number of benzene rings is 1. The van der Waals surface area contributed by atoms with Crippen molar-refractivity contribution in [2.45, 2.75) is 19.3 Å². The molecule has 116 valence electrons. The maximum Gasteiger partial charge on any atom is 0.255 e. The van der Waals surface area contributed by atoms with Gasteiger partial charge in [0.2, 0.25) is 0 Å². The van der Waals surface area contributed by atoms with Crippen LogP contribution in [0.4, 0.5) is 0 Å². The van der Waals surface area contributed by atoms with E-state index in [1.165, 1.54) is 0 Å². The van der Waals surface area contributed by atoms with Crippen molar-refractivity contribution in [2.24, 2.45) is 0 Å². The Labute approximate surface area is 134 Å². The number of fused-ring (bicyclic) bond motifs is 1. The molecule has 1 aromatic carbocycles. The number of pyridine rings is 1. The molecular formula is C18H18N4O. The second-order valence-electron chi connectivity index (χ2n) is 6.10. The zero-order valence-corrected chi connectivity index (χ0v) is 13.0. The fourth-order valence-corrected chi connectivity index (χ4v) is 3.18. The molecule has 1 atom stereocenters.